The molecule has 0 radical (unpaired) electrons. The van der Waals surface area contributed by atoms with Gasteiger partial charge in [0.1, 0.15) is 13.2 Å². The van der Waals surface area contributed by atoms with Crippen LogP contribution in [0.2, 0.25) is 0 Å². The summed E-state index contributed by atoms with van der Waals surface area (Å²) in [5, 5.41) is 0. The zero-order chi connectivity index (χ0) is 43.7. The van der Waals surface area contributed by atoms with E-state index in [1.54, 1.807) is 0 Å². The average Bonchev–Trinajstić information content (AvgIpc) is 3.24. The summed E-state index contributed by atoms with van der Waals surface area (Å²) in [6.07, 6.45) is 58.1. The van der Waals surface area contributed by atoms with Crippen molar-refractivity contribution in [3.63, 3.8) is 0 Å². The number of rotatable bonds is 46. The molecule has 0 aliphatic rings. The SMILES string of the molecule is CC/C=C\C/C=C\C/C=C\C/C=C\CCCCC(=O)OC[C@H](COC(=O)CCCCCCCCCCCCCCCCC)OC(=O)CCCCCCCCCCCCCC. The van der Waals surface area contributed by atoms with Gasteiger partial charge in [-0.15, -0.1) is 0 Å². The van der Waals surface area contributed by atoms with Crippen molar-refractivity contribution < 1.29 is 28.6 Å². The second-order valence-corrected chi connectivity index (χ2v) is 17.1. The molecule has 0 rings (SSSR count). The minimum absolute atomic E-state index is 0.0825. The van der Waals surface area contributed by atoms with E-state index in [0.29, 0.717) is 19.3 Å². The zero-order valence-electron chi connectivity index (χ0n) is 39.7. The fourth-order valence-electron chi connectivity index (χ4n) is 7.26. The Bertz CT molecular complexity index is 1060. The van der Waals surface area contributed by atoms with Crippen molar-refractivity contribution in [2.24, 2.45) is 0 Å². The first-order chi connectivity index (χ1) is 29.5. The van der Waals surface area contributed by atoms with Crippen LogP contribution in [-0.4, -0.2) is 37.2 Å². The summed E-state index contributed by atoms with van der Waals surface area (Å²) < 4.78 is 16.8. The predicted octanol–water partition coefficient (Wildman–Crippen LogP) is 16.7. The van der Waals surface area contributed by atoms with E-state index >= 15 is 0 Å². The summed E-state index contributed by atoms with van der Waals surface area (Å²) in [6.45, 7) is 6.50. The monoisotopic (exact) mass is 841 g/mol. The number of unbranched alkanes of at least 4 members (excludes halogenated alkanes) is 27. The Hall–Kier alpha value is -2.63. The smallest absolute Gasteiger partial charge is 0.306 e. The molecule has 0 N–H and O–H groups in total. The van der Waals surface area contributed by atoms with Gasteiger partial charge in [-0.05, 0) is 57.8 Å². The van der Waals surface area contributed by atoms with Gasteiger partial charge in [-0.1, -0.05) is 230 Å². The van der Waals surface area contributed by atoms with Crippen LogP contribution >= 0.6 is 0 Å². The first kappa shape index (κ1) is 57.4. The summed E-state index contributed by atoms with van der Waals surface area (Å²) in [5.41, 5.74) is 0. The van der Waals surface area contributed by atoms with Crippen LogP contribution in [0, 0.1) is 0 Å². The molecular formula is C54H96O6. The average molecular weight is 841 g/mol. The molecule has 0 amide bonds. The first-order valence-corrected chi connectivity index (χ1v) is 25.6. The highest BCUT2D eigenvalue weighted by atomic mass is 16.6. The van der Waals surface area contributed by atoms with E-state index in [2.05, 4.69) is 69.4 Å². The maximum Gasteiger partial charge on any atom is 0.306 e. The quantitative estimate of drug-likeness (QED) is 0.0263. The van der Waals surface area contributed by atoms with Crippen LogP contribution < -0.4 is 0 Å². The second kappa shape index (κ2) is 49.0. The molecule has 0 aromatic rings. The fourth-order valence-corrected chi connectivity index (χ4v) is 7.26. The lowest BCUT2D eigenvalue weighted by Gasteiger charge is -2.18. The van der Waals surface area contributed by atoms with Gasteiger partial charge < -0.3 is 14.2 Å². The third-order valence-corrected chi connectivity index (χ3v) is 11.1. The van der Waals surface area contributed by atoms with E-state index in [-0.39, 0.29) is 31.1 Å². The van der Waals surface area contributed by atoms with Gasteiger partial charge in [0.05, 0.1) is 0 Å². The molecular weight excluding hydrogens is 745 g/mol. The molecule has 0 fully saturated rings. The fraction of sp³-hybridized carbons (Fsp3) is 0.796. The second-order valence-electron chi connectivity index (χ2n) is 17.1. The summed E-state index contributed by atoms with van der Waals surface area (Å²) in [7, 11) is 0. The van der Waals surface area contributed by atoms with Crippen LogP contribution in [0.4, 0.5) is 0 Å². The van der Waals surface area contributed by atoms with Crippen molar-refractivity contribution >= 4 is 17.9 Å². The number of carbonyl (C=O) groups is 3. The number of esters is 3. The van der Waals surface area contributed by atoms with E-state index in [1.165, 1.54) is 135 Å². The lowest BCUT2D eigenvalue weighted by molar-refractivity contribution is -0.167. The third kappa shape index (κ3) is 46.4. The Kier molecular flexibility index (Phi) is 46.9. The highest BCUT2D eigenvalue weighted by molar-refractivity contribution is 5.71. The van der Waals surface area contributed by atoms with Crippen molar-refractivity contribution in [2.45, 2.75) is 264 Å². The van der Waals surface area contributed by atoms with Gasteiger partial charge in [0.15, 0.2) is 6.10 Å². The van der Waals surface area contributed by atoms with E-state index in [0.717, 1.165) is 83.5 Å². The summed E-state index contributed by atoms with van der Waals surface area (Å²) >= 11 is 0. The molecule has 0 heterocycles. The van der Waals surface area contributed by atoms with Crippen LogP contribution in [0.25, 0.3) is 0 Å². The van der Waals surface area contributed by atoms with Crippen LogP contribution in [0.3, 0.4) is 0 Å². The number of allylic oxidation sites excluding steroid dienone is 8. The standard InChI is InChI=1S/C54H96O6/c1-4-7-10-13-16-19-22-25-27-29-32-34-37-40-43-46-52(55)58-49-51(60-54(57)48-45-42-39-36-31-24-21-18-15-12-9-6-3)50-59-53(56)47-44-41-38-35-33-30-28-26-23-20-17-14-11-8-5-2/h7,10,16,19,25,27,32,34,51H,4-6,8-9,11-15,17-18,20-24,26,28-31,33,35-50H2,1-3H3/b10-7-,19-16-,27-25-,34-32-/t51-/m1/s1. The summed E-state index contributed by atoms with van der Waals surface area (Å²) in [4.78, 5) is 37.9. The van der Waals surface area contributed by atoms with E-state index in [4.69, 9.17) is 14.2 Å². The molecule has 0 aliphatic carbocycles. The van der Waals surface area contributed by atoms with E-state index in [1.807, 2.05) is 0 Å². The lowest BCUT2D eigenvalue weighted by atomic mass is 10.0. The highest BCUT2D eigenvalue weighted by Crippen LogP contribution is 2.16. The molecule has 0 aromatic carbocycles. The minimum Gasteiger partial charge on any atom is -0.462 e. The Balaban J connectivity index is 4.40. The predicted molar refractivity (Wildman–Crippen MR) is 256 cm³/mol. The van der Waals surface area contributed by atoms with Crippen molar-refractivity contribution in [2.75, 3.05) is 13.2 Å². The van der Waals surface area contributed by atoms with Gasteiger partial charge >= 0.3 is 17.9 Å². The van der Waals surface area contributed by atoms with Crippen molar-refractivity contribution in [1.82, 2.24) is 0 Å². The number of hydrogen-bond acceptors (Lipinski definition) is 6. The minimum atomic E-state index is -0.784. The zero-order valence-corrected chi connectivity index (χ0v) is 39.7. The van der Waals surface area contributed by atoms with Crippen LogP contribution in [0.15, 0.2) is 48.6 Å². The van der Waals surface area contributed by atoms with E-state index in [9.17, 15) is 14.4 Å². The van der Waals surface area contributed by atoms with Crippen LogP contribution in [0.1, 0.15) is 258 Å². The number of hydrogen-bond donors (Lipinski definition) is 0. The normalized spacial score (nSPS) is 12.4. The molecule has 0 bridgehead atoms. The maximum absolute atomic E-state index is 12.8. The number of ether oxygens (including phenoxy) is 3. The largest absolute Gasteiger partial charge is 0.462 e. The molecule has 6 heteroatoms. The van der Waals surface area contributed by atoms with Gasteiger partial charge in [0.25, 0.3) is 0 Å². The molecule has 60 heavy (non-hydrogen) atoms. The number of carbonyl (C=O) groups excluding carboxylic acids is 3. The summed E-state index contributed by atoms with van der Waals surface area (Å²) in [5.74, 6) is -0.917. The van der Waals surface area contributed by atoms with Crippen LogP contribution in [-0.2, 0) is 28.6 Å². The van der Waals surface area contributed by atoms with Gasteiger partial charge in [-0.25, -0.2) is 0 Å². The van der Waals surface area contributed by atoms with Crippen molar-refractivity contribution in [1.29, 1.82) is 0 Å². The molecule has 0 aliphatic heterocycles. The third-order valence-electron chi connectivity index (χ3n) is 11.1. The molecule has 0 aromatic heterocycles. The molecule has 0 spiro atoms. The molecule has 348 valence electrons. The van der Waals surface area contributed by atoms with E-state index < -0.39 is 6.10 Å². The highest BCUT2D eigenvalue weighted by Gasteiger charge is 2.19. The van der Waals surface area contributed by atoms with Crippen molar-refractivity contribution in [3.8, 4) is 0 Å². The van der Waals surface area contributed by atoms with Gasteiger partial charge in [-0.3, -0.25) is 14.4 Å². The Morgan fingerprint density at radius 2 is 0.650 bits per heavy atom. The summed E-state index contributed by atoms with van der Waals surface area (Å²) in [6, 6.07) is 0. The molecule has 0 saturated carbocycles. The Labute approximate surface area is 371 Å². The lowest BCUT2D eigenvalue weighted by Crippen LogP contribution is -2.30. The molecule has 0 unspecified atom stereocenters. The molecule has 1 atom stereocenters. The Morgan fingerprint density at radius 1 is 0.350 bits per heavy atom. The molecule has 0 saturated heterocycles. The maximum atomic E-state index is 12.8. The van der Waals surface area contributed by atoms with Gasteiger partial charge in [0.2, 0.25) is 0 Å². The topological polar surface area (TPSA) is 78.9 Å². The molecule has 6 nitrogen and oxygen atoms in total. The van der Waals surface area contributed by atoms with Crippen LogP contribution in [0.5, 0.6) is 0 Å². The van der Waals surface area contributed by atoms with Gasteiger partial charge in [-0.2, -0.15) is 0 Å². The van der Waals surface area contributed by atoms with Gasteiger partial charge in [0, 0.05) is 19.3 Å². The first-order valence-electron chi connectivity index (χ1n) is 25.6. The Morgan fingerprint density at radius 3 is 1.02 bits per heavy atom. The van der Waals surface area contributed by atoms with Crippen molar-refractivity contribution in [3.05, 3.63) is 48.6 Å².